The van der Waals surface area contributed by atoms with Gasteiger partial charge in [0, 0.05) is 11.3 Å². The van der Waals surface area contributed by atoms with E-state index in [4.69, 9.17) is 16.9 Å². The van der Waals surface area contributed by atoms with Crippen LogP contribution in [0.5, 0.6) is 0 Å². The van der Waals surface area contributed by atoms with Crippen molar-refractivity contribution >= 4 is 22.5 Å². The molecule has 0 bridgehead atoms. The quantitative estimate of drug-likeness (QED) is 0.724. The highest BCUT2D eigenvalue weighted by Crippen LogP contribution is 2.19. The smallest absolute Gasteiger partial charge is 0.0775 e. The number of aromatic nitrogens is 1. The molecule has 0 aliphatic carbocycles. The molecule has 0 N–H and O–H groups in total. The summed E-state index contributed by atoms with van der Waals surface area (Å²) in [5, 5.41) is 9.70. The van der Waals surface area contributed by atoms with Crippen LogP contribution in [0.2, 0.25) is 0 Å². The van der Waals surface area contributed by atoms with Crippen molar-refractivity contribution in [3.05, 3.63) is 41.6 Å². The maximum Gasteiger partial charge on any atom is 0.0775 e. The van der Waals surface area contributed by atoms with Crippen molar-refractivity contribution in [2.24, 2.45) is 0 Å². The van der Waals surface area contributed by atoms with Crippen molar-refractivity contribution in [2.75, 3.05) is 0 Å². The topological polar surface area (TPSA) is 36.7 Å². The van der Waals surface area contributed by atoms with Gasteiger partial charge in [-0.05, 0) is 17.7 Å². The Morgan fingerprint density at radius 2 is 2.13 bits per heavy atom. The molecule has 0 amide bonds. The molecule has 0 atom stereocenters. The normalized spacial score (nSPS) is 10.1. The first kappa shape index (κ1) is 9.95. The summed E-state index contributed by atoms with van der Waals surface area (Å²) in [4.78, 5) is 4.39. The molecule has 2 nitrogen and oxygen atoms in total. The molecule has 0 saturated carbocycles. The number of rotatable bonds is 2. The maximum atomic E-state index is 8.63. The van der Waals surface area contributed by atoms with E-state index in [-0.39, 0.29) is 0 Å². The second-order valence-corrected chi connectivity index (χ2v) is 3.53. The van der Waals surface area contributed by atoms with Crippen molar-refractivity contribution < 1.29 is 0 Å². The Balaban J connectivity index is 2.67. The lowest BCUT2D eigenvalue weighted by molar-refractivity contribution is 1.13. The second kappa shape index (κ2) is 4.29. The number of hydrogen-bond acceptors (Lipinski definition) is 2. The van der Waals surface area contributed by atoms with Gasteiger partial charge in [0.1, 0.15) is 0 Å². The molecule has 1 aromatic carbocycles. The molecule has 0 aliphatic heterocycles. The van der Waals surface area contributed by atoms with E-state index < -0.39 is 0 Å². The number of alkyl halides is 1. The SMILES string of the molecule is N#CCc1cc(CCl)c2ccccc2n1. The summed E-state index contributed by atoms with van der Waals surface area (Å²) in [5.41, 5.74) is 2.72. The van der Waals surface area contributed by atoms with Gasteiger partial charge in [-0.2, -0.15) is 5.26 Å². The van der Waals surface area contributed by atoms with Crippen LogP contribution in [0.3, 0.4) is 0 Å². The van der Waals surface area contributed by atoms with E-state index in [1.165, 1.54) is 0 Å². The molecule has 0 aliphatic rings. The molecule has 0 saturated heterocycles. The molecular formula is C12H9ClN2. The third-order valence-corrected chi connectivity index (χ3v) is 2.55. The van der Waals surface area contributed by atoms with Crippen LogP contribution in [-0.2, 0) is 12.3 Å². The summed E-state index contributed by atoms with van der Waals surface area (Å²) in [5.74, 6) is 0.446. The summed E-state index contributed by atoms with van der Waals surface area (Å²) < 4.78 is 0. The standard InChI is InChI=1S/C12H9ClN2/c13-8-9-7-10(5-6-14)15-12-4-2-1-3-11(9)12/h1-4,7H,5,8H2. The zero-order chi connectivity index (χ0) is 10.7. The number of nitrogens with zero attached hydrogens (tertiary/aromatic N) is 2. The average Bonchev–Trinajstić information content (AvgIpc) is 2.28. The predicted molar refractivity (Wildman–Crippen MR) is 60.6 cm³/mol. The van der Waals surface area contributed by atoms with E-state index in [2.05, 4.69) is 11.1 Å². The van der Waals surface area contributed by atoms with Crippen LogP contribution in [0, 0.1) is 11.3 Å². The Bertz CT molecular complexity index is 529. The minimum Gasteiger partial charge on any atom is -0.252 e. The van der Waals surface area contributed by atoms with E-state index in [1.54, 1.807) is 0 Å². The fourth-order valence-corrected chi connectivity index (χ4v) is 1.81. The number of benzene rings is 1. The lowest BCUT2D eigenvalue weighted by Gasteiger charge is -2.04. The van der Waals surface area contributed by atoms with E-state index in [1.807, 2.05) is 30.3 Å². The molecule has 2 aromatic rings. The Morgan fingerprint density at radius 3 is 2.87 bits per heavy atom. The lowest BCUT2D eigenvalue weighted by Crippen LogP contribution is -1.93. The van der Waals surface area contributed by atoms with E-state index in [9.17, 15) is 0 Å². The Hall–Kier alpha value is -1.59. The lowest BCUT2D eigenvalue weighted by atomic mass is 10.1. The first-order valence-electron chi connectivity index (χ1n) is 4.65. The average molecular weight is 217 g/mol. The molecule has 74 valence electrons. The third kappa shape index (κ3) is 1.93. The number of halogens is 1. The van der Waals surface area contributed by atoms with Crippen LogP contribution in [0.15, 0.2) is 30.3 Å². The molecule has 0 fully saturated rings. The van der Waals surface area contributed by atoms with E-state index in [0.717, 1.165) is 22.2 Å². The molecular weight excluding hydrogens is 208 g/mol. The molecule has 1 aromatic heterocycles. The zero-order valence-corrected chi connectivity index (χ0v) is 8.83. The van der Waals surface area contributed by atoms with Gasteiger partial charge in [-0.1, -0.05) is 18.2 Å². The number of para-hydroxylation sites is 1. The van der Waals surface area contributed by atoms with Crippen LogP contribution < -0.4 is 0 Å². The van der Waals surface area contributed by atoms with Crippen molar-refractivity contribution in [3.8, 4) is 6.07 Å². The molecule has 0 spiro atoms. The third-order valence-electron chi connectivity index (χ3n) is 2.26. The van der Waals surface area contributed by atoms with Crippen molar-refractivity contribution in [1.82, 2.24) is 4.98 Å². The van der Waals surface area contributed by atoms with Gasteiger partial charge in [0.25, 0.3) is 0 Å². The van der Waals surface area contributed by atoms with Gasteiger partial charge < -0.3 is 0 Å². The molecule has 0 radical (unpaired) electrons. The highest BCUT2D eigenvalue weighted by molar-refractivity contribution is 6.18. The molecule has 3 heteroatoms. The van der Waals surface area contributed by atoms with Crippen LogP contribution >= 0.6 is 11.6 Å². The van der Waals surface area contributed by atoms with Gasteiger partial charge in [-0.3, -0.25) is 4.98 Å². The summed E-state index contributed by atoms with van der Waals surface area (Å²) in [6.07, 6.45) is 0.328. The van der Waals surface area contributed by atoms with Crippen molar-refractivity contribution in [1.29, 1.82) is 5.26 Å². The van der Waals surface area contributed by atoms with Crippen LogP contribution in [0.1, 0.15) is 11.3 Å². The minimum absolute atomic E-state index is 0.328. The minimum atomic E-state index is 0.328. The second-order valence-electron chi connectivity index (χ2n) is 3.26. The van der Waals surface area contributed by atoms with Crippen LogP contribution in [-0.4, -0.2) is 4.98 Å². The number of pyridine rings is 1. The maximum absolute atomic E-state index is 8.63. The number of fused-ring (bicyclic) bond motifs is 1. The van der Waals surface area contributed by atoms with Gasteiger partial charge in [0.05, 0.1) is 23.7 Å². The Morgan fingerprint density at radius 1 is 1.33 bits per heavy atom. The highest BCUT2D eigenvalue weighted by Gasteiger charge is 2.03. The summed E-state index contributed by atoms with van der Waals surface area (Å²) in [6.45, 7) is 0. The summed E-state index contributed by atoms with van der Waals surface area (Å²) in [6, 6.07) is 11.8. The van der Waals surface area contributed by atoms with E-state index >= 15 is 0 Å². The first-order valence-corrected chi connectivity index (χ1v) is 5.19. The monoisotopic (exact) mass is 216 g/mol. The zero-order valence-electron chi connectivity index (χ0n) is 8.07. The van der Waals surface area contributed by atoms with Gasteiger partial charge >= 0.3 is 0 Å². The van der Waals surface area contributed by atoms with Crippen molar-refractivity contribution in [2.45, 2.75) is 12.3 Å². The fourth-order valence-electron chi connectivity index (χ4n) is 1.59. The van der Waals surface area contributed by atoms with Gasteiger partial charge in [-0.25, -0.2) is 0 Å². The van der Waals surface area contributed by atoms with Crippen LogP contribution in [0.25, 0.3) is 10.9 Å². The Kier molecular flexibility index (Phi) is 2.84. The van der Waals surface area contributed by atoms with Crippen molar-refractivity contribution in [3.63, 3.8) is 0 Å². The number of hydrogen-bond donors (Lipinski definition) is 0. The fraction of sp³-hybridized carbons (Fsp3) is 0.167. The molecule has 1 heterocycles. The number of nitriles is 1. The Labute approximate surface area is 93.1 Å². The van der Waals surface area contributed by atoms with Gasteiger partial charge in [-0.15, -0.1) is 11.6 Å². The predicted octanol–water partition coefficient (Wildman–Crippen LogP) is 3.04. The van der Waals surface area contributed by atoms with E-state index in [0.29, 0.717) is 12.3 Å². The molecule has 15 heavy (non-hydrogen) atoms. The highest BCUT2D eigenvalue weighted by atomic mass is 35.5. The van der Waals surface area contributed by atoms with Crippen LogP contribution in [0.4, 0.5) is 0 Å². The van der Waals surface area contributed by atoms with Gasteiger partial charge in [0.2, 0.25) is 0 Å². The summed E-state index contributed by atoms with van der Waals surface area (Å²) >= 11 is 5.87. The molecule has 0 unspecified atom stereocenters. The summed E-state index contributed by atoms with van der Waals surface area (Å²) in [7, 11) is 0. The largest absolute Gasteiger partial charge is 0.252 e. The first-order chi connectivity index (χ1) is 7.35. The van der Waals surface area contributed by atoms with Gasteiger partial charge in [0.15, 0.2) is 0 Å². The molecule has 2 rings (SSSR count).